The summed E-state index contributed by atoms with van der Waals surface area (Å²) < 4.78 is 0. The van der Waals surface area contributed by atoms with Crippen molar-refractivity contribution in [3.05, 3.63) is 30.3 Å². The zero-order valence-corrected chi connectivity index (χ0v) is 10.6. The first-order valence-corrected chi connectivity index (χ1v) is 5.89. The minimum absolute atomic E-state index is 0.0852. The fourth-order valence-electron chi connectivity index (χ4n) is 1.65. The highest BCUT2D eigenvalue weighted by molar-refractivity contribution is 5.92. The van der Waals surface area contributed by atoms with E-state index in [0.29, 0.717) is 6.54 Å². The molecule has 0 saturated heterocycles. The Kier molecular flexibility index (Phi) is 5.17. The number of nitrogens with one attached hydrogen (secondary N) is 1. The molecule has 0 aliphatic heterocycles. The van der Waals surface area contributed by atoms with Gasteiger partial charge in [0.15, 0.2) is 0 Å². The van der Waals surface area contributed by atoms with Gasteiger partial charge in [-0.1, -0.05) is 18.2 Å². The van der Waals surface area contributed by atoms with Gasteiger partial charge in [0.1, 0.15) is 0 Å². The fourth-order valence-corrected chi connectivity index (χ4v) is 1.65. The fraction of sp³-hybridized carbons (Fsp3) is 0.385. The predicted molar refractivity (Wildman–Crippen MR) is 69.7 cm³/mol. The van der Waals surface area contributed by atoms with Gasteiger partial charge in [-0.05, 0) is 26.0 Å². The summed E-state index contributed by atoms with van der Waals surface area (Å²) >= 11 is 0. The summed E-state index contributed by atoms with van der Waals surface area (Å²) in [7, 11) is 0. The average Bonchev–Trinajstić information content (AvgIpc) is 2.29. The molecule has 0 bridgehead atoms. The van der Waals surface area contributed by atoms with Gasteiger partial charge in [0.25, 0.3) is 0 Å². The van der Waals surface area contributed by atoms with Crippen LogP contribution in [0, 0.1) is 0 Å². The number of carbonyl (C=O) groups excluding carboxylic acids is 1. The second kappa shape index (κ2) is 6.64. The smallest absolute Gasteiger partial charge is 0.322 e. The van der Waals surface area contributed by atoms with Crippen LogP contribution >= 0.6 is 0 Å². The first-order valence-electron chi connectivity index (χ1n) is 5.89. The number of carboxylic acid groups (broad SMARTS) is 1. The number of benzene rings is 1. The van der Waals surface area contributed by atoms with Crippen molar-refractivity contribution in [2.75, 3.05) is 11.4 Å². The SMILES string of the molecule is CCN(C(=O)NC(C)CC(=O)O)c1ccccc1. The van der Waals surface area contributed by atoms with Gasteiger partial charge in [-0.15, -0.1) is 0 Å². The van der Waals surface area contributed by atoms with Crippen LogP contribution in [0.2, 0.25) is 0 Å². The van der Waals surface area contributed by atoms with Gasteiger partial charge in [-0.25, -0.2) is 4.79 Å². The van der Waals surface area contributed by atoms with Crippen molar-refractivity contribution >= 4 is 17.7 Å². The number of para-hydroxylation sites is 1. The number of carboxylic acids is 1. The molecule has 0 radical (unpaired) electrons. The van der Waals surface area contributed by atoms with Crippen LogP contribution in [0.25, 0.3) is 0 Å². The molecule has 1 aromatic rings. The Morgan fingerprint density at radius 1 is 1.33 bits per heavy atom. The van der Waals surface area contributed by atoms with Crippen molar-refractivity contribution in [1.29, 1.82) is 0 Å². The zero-order chi connectivity index (χ0) is 13.5. The van der Waals surface area contributed by atoms with E-state index in [1.54, 1.807) is 11.8 Å². The highest BCUT2D eigenvalue weighted by Gasteiger charge is 2.16. The van der Waals surface area contributed by atoms with Crippen LogP contribution < -0.4 is 10.2 Å². The maximum atomic E-state index is 12.0. The van der Waals surface area contributed by atoms with Gasteiger partial charge in [-0.2, -0.15) is 0 Å². The monoisotopic (exact) mass is 250 g/mol. The molecule has 2 amide bonds. The van der Waals surface area contributed by atoms with Crippen LogP contribution in [0.15, 0.2) is 30.3 Å². The van der Waals surface area contributed by atoms with E-state index >= 15 is 0 Å². The summed E-state index contributed by atoms with van der Waals surface area (Å²) in [5, 5.41) is 11.3. The highest BCUT2D eigenvalue weighted by atomic mass is 16.4. The second-order valence-electron chi connectivity index (χ2n) is 4.03. The third-order valence-corrected chi connectivity index (χ3v) is 2.48. The lowest BCUT2D eigenvalue weighted by Gasteiger charge is -2.23. The van der Waals surface area contributed by atoms with Crippen LogP contribution in [0.1, 0.15) is 20.3 Å². The van der Waals surface area contributed by atoms with Gasteiger partial charge in [0.05, 0.1) is 6.42 Å². The summed E-state index contributed by atoms with van der Waals surface area (Å²) in [4.78, 5) is 24.1. The molecule has 18 heavy (non-hydrogen) atoms. The molecule has 1 atom stereocenters. The lowest BCUT2D eigenvalue weighted by Crippen LogP contribution is -2.44. The predicted octanol–water partition coefficient (Wildman–Crippen LogP) is 2.09. The Morgan fingerprint density at radius 2 is 1.94 bits per heavy atom. The average molecular weight is 250 g/mol. The first kappa shape index (κ1) is 14.0. The molecule has 1 rings (SSSR count). The molecule has 1 aromatic carbocycles. The third-order valence-electron chi connectivity index (χ3n) is 2.48. The highest BCUT2D eigenvalue weighted by Crippen LogP contribution is 2.13. The van der Waals surface area contributed by atoms with Crippen molar-refractivity contribution in [3.63, 3.8) is 0 Å². The van der Waals surface area contributed by atoms with Crippen LogP contribution in [0.5, 0.6) is 0 Å². The largest absolute Gasteiger partial charge is 0.481 e. The van der Waals surface area contributed by atoms with E-state index in [2.05, 4.69) is 5.32 Å². The van der Waals surface area contributed by atoms with Gasteiger partial charge >= 0.3 is 12.0 Å². The molecule has 0 saturated carbocycles. The van der Waals surface area contributed by atoms with E-state index in [1.165, 1.54) is 0 Å². The van der Waals surface area contributed by atoms with E-state index in [-0.39, 0.29) is 12.5 Å². The Balaban J connectivity index is 2.66. The number of urea groups is 1. The van der Waals surface area contributed by atoms with E-state index in [0.717, 1.165) is 5.69 Å². The Bertz CT molecular complexity index is 406. The molecule has 5 nitrogen and oxygen atoms in total. The molecule has 0 aromatic heterocycles. The summed E-state index contributed by atoms with van der Waals surface area (Å²) in [5.41, 5.74) is 0.792. The molecule has 0 fully saturated rings. The Morgan fingerprint density at radius 3 is 2.44 bits per heavy atom. The molecule has 5 heteroatoms. The molecule has 2 N–H and O–H groups in total. The van der Waals surface area contributed by atoms with E-state index in [1.807, 2.05) is 37.3 Å². The van der Waals surface area contributed by atoms with Crippen LogP contribution in [0.3, 0.4) is 0 Å². The van der Waals surface area contributed by atoms with Gasteiger partial charge in [0, 0.05) is 18.3 Å². The van der Waals surface area contributed by atoms with Crippen molar-refractivity contribution < 1.29 is 14.7 Å². The summed E-state index contributed by atoms with van der Waals surface area (Å²) in [5.74, 6) is -0.925. The normalized spacial score (nSPS) is 11.7. The van der Waals surface area contributed by atoms with E-state index in [9.17, 15) is 9.59 Å². The van der Waals surface area contributed by atoms with Crippen molar-refractivity contribution in [2.45, 2.75) is 26.3 Å². The number of anilines is 1. The molecule has 0 aliphatic carbocycles. The van der Waals surface area contributed by atoms with Crippen LogP contribution in [0.4, 0.5) is 10.5 Å². The van der Waals surface area contributed by atoms with E-state index in [4.69, 9.17) is 5.11 Å². The van der Waals surface area contributed by atoms with Gasteiger partial charge < -0.3 is 10.4 Å². The number of amides is 2. The molecule has 98 valence electrons. The van der Waals surface area contributed by atoms with E-state index < -0.39 is 12.0 Å². The topological polar surface area (TPSA) is 69.6 Å². The molecule has 1 unspecified atom stereocenters. The van der Waals surface area contributed by atoms with Crippen molar-refractivity contribution in [3.8, 4) is 0 Å². The zero-order valence-electron chi connectivity index (χ0n) is 10.6. The number of aliphatic carboxylic acids is 1. The molecule has 0 aliphatic rings. The Labute approximate surface area is 106 Å². The summed E-state index contributed by atoms with van der Waals surface area (Å²) in [6.07, 6.45) is -0.0852. The summed E-state index contributed by atoms with van der Waals surface area (Å²) in [6.45, 7) is 4.06. The molecular formula is C13H18N2O3. The number of rotatable bonds is 5. The number of hydrogen-bond donors (Lipinski definition) is 2. The van der Waals surface area contributed by atoms with Crippen molar-refractivity contribution in [2.24, 2.45) is 0 Å². The minimum Gasteiger partial charge on any atom is -0.481 e. The number of hydrogen-bond acceptors (Lipinski definition) is 2. The molecule has 0 heterocycles. The third kappa shape index (κ3) is 4.08. The maximum absolute atomic E-state index is 12.0. The lowest BCUT2D eigenvalue weighted by molar-refractivity contribution is -0.137. The van der Waals surface area contributed by atoms with Crippen LogP contribution in [-0.2, 0) is 4.79 Å². The minimum atomic E-state index is -0.925. The second-order valence-corrected chi connectivity index (χ2v) is 4.03. The lowest BCUT2D eigenvalue weighted by atomic mass is 10.2. The standard InChI is InChI=1S/C13H18N2O3/c1-3-15(11-7-5-4-6-8-11)13(18)14-10(2)9-12(16)17/h4-8,10H,3,9H2,1-2H3,(H,14,18)(H,16,17). The molecular weight excluding hydrogens is 232 g/mol. The van der Waals surface area contributed by atoms with Crippen molar-refractivity contribution in [1.82, 2.24) is 5.32 Å². The van der Waals surface area contributed by atoms with Crippen LogP contribution in [-0.4, -0.2) is 29.7 Å². The first-order chi connectivity index (χ1) is 8.54. The van der Waals surface area contributed by atoms with Gasteiger partial charge in [-0.3, -0.25) is 9.69 Å². The molecule has 0 spiro atoms. The maximum Gasteiger partial charge on any atom is 0.322 e. The number of nitrogens with zero attached hydrogens (tertiary/aromatic N) is 1. The quantitative estimate of drug-likeness (QED) is 0.840. The Hall–Kier alpha value is -2.04. The number of carbonyl (C=O) groups is 2. The van der Waals surface area contributed by atoms with Gasteiger partial charge in [0.2, 0.25) is 0 Å². The summed E-state index contributed by atoms with van der Waals surface area (Å²) in [6, 6.07) is 8.58.